The van der Waals surface area contributed by atoms with Crippen molar-refractivity contribution in [2.45, 2.75) is 32.3 Å². The van der Waals surface area contributed by atoms with Gasteiger partial charge in [-0.15, -0.1) is 0 Å². The molecule has 1 fully saturated rings. The lowest BCUT2D eigenvalue weighted by Crippen LogP contribution is -2.35. The molecule has 0 saturated carbocycles. The summed E-state index contributed by atoms with van der Waals surface area (Å²) in [5.41, 5.74) is 7.39. The summed E-state index contributed by atoms with van der Waals surface area (Å²) >= 11 is 0. The van der Waals surface area contributed by atoms with Crippen LogP contribution in [0.4, 0.5) is 11.5 Å². The van der Waals surface area contributed by atoms with Crippen LogP contribution >= 0.6 is 0 Å². The summed E-state index contributed by atoms with van der Waals surface area (Å²) < 4.78 is 5.32. The average Bonchev–Trinajstić information content (AvgIpc) is 2.96. The molecule has 2 rings (SSSR count). The van der Waals surface area contributed by atoms with Gasteiger partial charge in [0.25, 0.3) is 0 Å². The van der Waals surface area contributed by atoms with Gasteiger partial charge in [-0.1, -0.05) is 0 Å². The lowest BCUT2D eigenvalue weighted by molar-refractivity contribution is -0.130. The number of nitrogens with one attached hydrogen (secondary N) is 2. The number of aryl methyl sites for hydroxylation is 1. The molecule has 0 radical (unpaired) electrons. The molecule has 1 aliphatic rings. The lowest BCUT2D eigenvalue weighted by Gasteiger charge is -2.11. The van der Waals surface area contributed by atoms with Crippen LogP contribution in [0, 0.1) is 6.92 Å². The van der Waals surface area contributed by atoms with Crippen molar-refractivity contribution in [1.29, 1.82) is 0 Å². The average molecular weight is 278 g/mol. The number of amides is 1. The Morgan fingerprint density at radius 1 is 1.50 bits per heavy atom. The van der Waals surface area contributed by atoms with Crippen LogP contribution in [0.25, 0.3) is 0 Å². The number of aromatic nitrogens is 1. The summed E-state index contributed by atoms with van der Waals surface area (Å²) in [7, 11) is 0. The maximum absolute atomic E-state index is 11.7. The lowest BCUT2D eigenvalue weighted by atomic mass is 10.2. The van der Waals surface area contributed by atoms with E-state index in [1.165, 1.54) is 0 Å². The first-order chi connectivity index (χ1) is 9.66. The molecular formula is C14H22N4O2. The van der Waals surface area contributed by atoms with Gasteiger partial charge in [-0.05, 0) is 38.3 Å². The second kappa shape index (κ2) is 7.09. The minimum Gasteiger partial charge on any atom is -0.396 e. The van der Waals surface area contributed by atoms with Gasteiger partial charge in [-0.25, -0.2) is 4.98 Å². The maximum atomic E-state index is 11.7. The topological polar surface area (TPSA) is 89.3 Å². The zero-order chi connectivity index (χ0) is 14.4. The van der Waals surface area contributed by atoms with Gasteiger partial charge in [0, 0.05) is 25.4 Å². The maximum Gasteiger partial charge on any atom is 0.249 e. The van der Waals surface area contributed by atoms with Gasteiger partial charge in [0.15, 0.2) is 0 Å². The first kappa shape index (κ1) is 14.6. The summed E-state index contributed by atoms with van der Waals surface area (Å²) in [4.78, 5) is 16.0. The standard InChI is InChI=1S/C14H22N4O2/c1-10-5-6-11(15)13(18-10)16-7-3-8-17-14(19)12-4-2-9-20-12/h5-6,12H,2-4,7-9,15H2,1H3,(H,16,18)(H,17,19). The van der Waals surface area contributed by atoms with E-state index in [-0.39, 0.29) is 12.0 Å². The van der Waals surface area contributed by atoms with Gasteiger partial charge in [0.2, 0.25) is 5.91 Å². The predicted molar refractivity (Wildman–Crippen MR) is 78.5 cm³/mol. The molecule has 6 heteroatoms. The van der Waals surface area contributed by atoms with Crippen molar-refractivity contribution in [3.63, 3.8) is 0 Å². The highest BCUT2D eigenvalue weighted by Crippen LogP contribution is 2.15. The molecule has 0 bridgehead atoms. The molecule has 110 valence electrons. The fraction of sp³-hybridized carbons (Fsp3) is 0.571. The number of carbonyl (C=O) groups is 1. The Kier molecular flexibility index (Phi) is 5.17. The Balaban J connectivity index is 1.64. The van der Waals surface area contributed by atoms with Gasteiger partial charge < -0.3 is 21.1 Å². The highest BCUT2D eigenvalue weighted by molar-refractivity contribution is 5.80. The van der Waals surface area contributed by atoms with E-state index >= 15 is 0 Å². The molecule has 0 aromatic carbocycles. The zero-order valence-electron chi connectivity index (χ0n) is 11.8. The zero-order valence-corrected chi connectivity index (χ0v) is 11.8. The van der Waals surface area contributed by atoms with Crippen LogP contribution in [-0.4, -0.2) is 36.7 Å². The Morgan fingerprint density at radius 2 is 2.35 bits per heavy atom. The number of carbonyl (C=O) groups excluding carboxylic acids is 1. The largest absolute Gasteiger partial charge is 0.396 e. The number of hydrogen-bond donors (Lipinski definition) is 3. The minimum absolute atomic E-state index is 0.00399. The van der Waals surface area contributed by atoms with Gasteiger partial charge in [0.1, 0.15) is 11.9 Å². The highest BCUT2D eigenvalue weighted by atomic mass is 16.5. The number of ether oxygens (including phenoxy) is 1. The van der Waals surface area contributed by atoms with Gasteiger partial charge in [-0.3, -0.25) is 4.79 Å². The van der Waals surface area contributed by atoms with E-state index in [0.717, 1.165) is 25.0 Å². The van der Waals surface area contributed by atoms with Gasteiger partial charge in [0.05, 0.1) is 5.69 Å². The van der Waals surface area contributed by atoms with Crippen LogP contribution in [-0.2, 0) is 9.53 Å². The molecule has 0 spiro atoms. The van der Waals surface area contributed by atoms with Crippen molar-refractivity contribution in [3.05, 3.63) is 17.8 Å². The smallest absolute Gasteiger partial charge is 0.249 e. The molecule has 1 aromatic heterocycles. The van der Waals surface area contributed by atoms with Crippen LogP contribution < -0.4 is 16.4 Å². The Morgan fingerprint density at radius 3 is 3.10 bits per heavy atom. The second-order valence-electron chi connectivity index (χ2n) is 4.96. The van der Waals surface area contributed by atoms with Gasteiger partial charge >= 0.3 is 0 Å². The SMILES string of the molecule is Cc1ccc(N)c(NCCCNC(=O)C2CCCO2)n1. The Bertz CT molecular complexity index is 458. The molecule has 1 aliphatic heterocycles. The van der Waals surface area contributed by atoms with E-state index in [1.54, 1.807) is 0 Å². The molecule has 20 heavy (non-hydrogen) atoms. The third kappa shape index (κ3) is 4.09. The molecule has 1 amide bonds. The summed E-state index contributed by atoms with van der Waals surface area (Å²) in [6.07, 6.45) is 2.36. The first-order valence-corrected chi connectivity index (χ1v) is 7.03. The number of hydrogen-bond acceptors (Lipinski definition) is 5. The highest BCUT2D eigenvalue weighted by Gasteiger charge is 2.22. The Labute approximate surface area is 119 Å². The third-order valence-corrected chi connectivity index (χ3v) is 3.23. The van der Waals surface area contributed by atoms with Crippen LogP contribution in [0.1, 0.15) is 25.0 Å². The van der Waals surface area contributed by atoms with E-state index in [4.69, 9.17) is 10.5 Å². The second-order valence-corrected chi connectivity index (χ2v) is 4.96. The molecule has 1 saturated heterocycles. The van der Waals surface area contributed by atoms with Crippen molar-refractivity contribution in [3.8, 4) is 0 Å². The Hall–Kier alpha value is -1.82. The number of rotatable bonds is 6. The van der Waals surface area contributed by atoms with Crippen molar-refractivity contribution in [2.24, 2.45) is 0 Å². The van der Waals surface area contributed by atoms with Crippen LogP contribution in [0.2, 0.25) is 0 Å². The quantitative estimate of drug-likeness (QED) is 0.677. The van der Waals surface area contributed by atoms with E-state index in [2.05, 4.69) is 15.6 Å². The number of anilines is 2. The summed E-state index contributed by atoms with van der Waals surface area (Å²) in [6.45, 7) is 3.95. The predicted octanol–water partition coefficient (Wildman–Crippen LogP) is 1.07. The van der Waals surface area contributed by atoms with Gasteiger partial charge in [-0.2, -0.15) is 0 Å². The van der Waals surface area contributed by atoms with Crippen molar-refractivity contribution in [1.82, 2.24) is 10.3 Å². The normalized spacial score (nSPS) is 17.9. The monoisotopic (exact) mass is 278 g/mol. The molecule has 1 unspecified atom stereocenters. The molecular weight excluding hydrogens is 256 g/mol. The molecule has 0 aliphatic carbocycles. The fourth-order valence-electron chi connectivity index (χ4n) is 2.11. The van der Waals surface area contributed by atoms with E-state index < -0.39 is 0 Å². The molecule has 6 nitrogen and oxygen atoms in total. The van der Waals surface area contributed by atoms with E-state index in [9.17, 15) is 4.79 Å². The number of nitrogen functional groups attached to an aromatic ring is 1. The van der Waals surface area contributed by atoms with Crippen molar-refractivity contribution < 1.29 is 9.53 Å². The molecule has 2 heterocycles. The summed E-state index contributed by atoms with van der Waals surface area (Å²) in [5, 5.41) is 6.06. The van der Waals surface area contributed by atoms with Crippen LogP contribution in [0.5, 0.6) is 0 Å². The summed E-state index contributed by atoms with van der Waals surface area (Å²) in [6, 6.07) is 3.71. The number of nitrogens with zero attached hydrogens (tertiary/aromatic N) is 1. The van der Waals surface area contributed by atoms with Crippen LogP contribution in [0.15, 0.2) is 12.1 Å². The van der Waals surface area contributed by atoms with Crippen molar-refractivity contribution in [2.75, 3.05) is 30.7 Å². The third-order valence-electron chi connectivity index (χ3n) is 3.23. The van der Waals surface area contributed by atoms with Crippen LogP contribution in [0.3, 0.4) is 0 Å². The molecule has 1 aromatic rings. The number of pyridine rings is 1. The number of nitrogens with two attached hydrogens (primary N) is 1. The van der Waals surface area contributed by atoms with Crippen molar-refractivity contribution >= 4 is 17.4 Å². The minimum atomic E-state index is -0.253. The first-order valence-electron chi connectivity index (χ1n) is 7.03. The van der Waals surface area contributed by atoms with E-state index in [0.29, 0.717) is 31.2 Å². The molecule has 4 N–H and O–H groups in total. The fourth-order valence-corrected chi connectivity index (χ4v) is 2.11. The van der Waals surface area contributed by atoms with E-state index in [1.807, 2.05) is 19.1 Å². The summed E-state index contributed by atoms with van der Waals surface area (Å²) in [5.74, 6) is 0.700. The molecule has 1 atom stereocenters.